The molecule has 3 N–H and O–H groups in total. The number of aromatic nitrogens is 2. The first-order valence-electron chi connectivity index (χ1n) is 22.5. The number of hydrogen-bond acceptors (Lipinski definition) is 11. The van der Waals surface area contributed by atoms with Crippen LogP contribution in [0, 0.1) is 17.3 Å². The standard InChI is InChI=1S/C49H60N8O8/c1-28(2)41(54-47(60)63-6)45(58)56-26-36(65-19-18-62-5)22-39(56)43-50-24-37(52-43)31-10-8-30(9-11-31)32-12-13-34-21-35(15-14-33(34)20-32)38-25-51-44(53-38)40-23-49(16-17-49)27-57(40)46(59)42(29(3)4)55-48(61)64-7/h8-15,20-21,24,28-29,36,39-42H,16-19,22-23,25-27H2,1-7H3,(H,50,52)(H,54,60)(H,55,61). The number of amidine groups is 1. The Hall–Kier alpha value is -6.13. The van der Waals surface area contributed by atoms with Crippen molar-refractivity contribution in [2.24, 2.45) is 27.2 Å². The zero-order valence-corrected chi connectivity index (χ0v) is 38.3. The van der Waals surface area contributed by atoms with Crippen molar-refractivity contribution in [1.29, 1.82) is 0 Å². The number of carbonyl (C=O) groups is 4. The van der Waals surface area contributed by atoms with E-state index in [1.54, 1.807) is 18.2 Å². The second-order valence-electron chi connectivity index (χ2n) is 18.4. The number of benzene rings is 3. The van der Waals surface area contributed by atoms with E-state index in [9.17, 15) is 19.2 Å². The number of nitrogens with one attached hydrogen (secondary N) is 3. The highest BCUT2D eigenvalue weighted by molar-refractivity contribution is 6.15. The number of amides is 4. The second kappa shape index (κ2) is 19.1. The van der Waals surface area contributed by atoms with Crippen molar-refractivity contribution >= 4 is 46.3 Å². The highest BCUT2D eigenvalue weighted by Gasteiger charge is 2.55. The van der Waals surface area contributed by atoms with Gasteiger partial charge in [0.25, 0.3) is 0 Å². The van der Waals surface area contributed by atoms with Gasteiger partial charge in [-0.1, -0.05) is 76.2 Å². The van der Waals surface area contributed by atoms with Gasteiger partial charge in [0.2, 0.25) is 11.8 Å². The number of nitrogens with zero attached hydrogens (tertiary/aromatic N) is 5. The van der Waals surface area contributed by atoms with E-state index in [0.717, 1.165) is 63.7 Å². The van der Waals surface area contributed by atoms with E-state index in [4.69, 9.17) is 33.9 Å². The van der Waals surface area contributed by atoms with Gasteiger partial charge in [0.05, 0.1) is 69.8 Å². The van der Waals surface area contributed by atoms with Gasteiger partial charge in [0, 0.05) is 26.6 Å². The van der Waals surface area contributed by atoms with Crippen LogP contribution in [0.25, 0.3) is 33.2 Å². The van der Waals surface area contributed by atoms with Crippen molar-refractivity contribution < 1.29 is 38.1 Å². The first-order chi connectivity index (χ1) is 31.3. The number of fused-ring (bicyclic) bond motifs is 1. The summed E-state index contributed by atoms with van der Waals surface area (Å²) in [7, 11) is 4.20. The molecule has 1 aromatic heterocycles. The molecule has 0 bridgehead atoms. The van der Waals surface area contributed by atoms with Gasteiger partial charge in [-0.15, -0.1) is 0 Å². The van der Waals surface area contributed by atoms with E-state index in [2.05, 4.69) is 76.3 Å². The lowest BCUT2D eigenvalue weighted by Crippen LogP contribution is -2.53. The Labute approximate surface area is 379 Å². The molecule has 8 rings (SSSR count). The molecule has 1 aliphatic carbocycles. The van der Waals surface area contributed by atoms with Gasteiger partial charge in [-0.2, -0.15) is 0 Å². The number of rotatable bonds is 15. The molecule has 16 nitrogen and oxygen atoms in total. The van der Waals surface area contributed by atoms with Crippen LogP contribution in [-0.4, -0.2) is 134 Å². The number of aromatic amines is 1. The van der Waals surface area contributed by atoms with Crippen LogP contribution in [0.1, 0.15) is 70.8 Å². The maximum atomic E-state index is 14.0. The molecule has 4 aromatic rings. The number of methoxy groups -OCH3 is 3. The third-order valence-electron chi connectivity index (χ3n) is 13.3. The number of imidazole rings is 1. The zero-order chi connectivity index (χ0) is 46.0. The van der Waals surface area contributed by atoms with Crippen molar-refractivity contribution in [1.82, 2.24) is 30.4 Å². The van der Waals surface area contributed by atoms with Gasteiger partial charge in [0.15, 0.2) is 0 Å². The molecule has 1 spiro atoms. The van der Waals surface area contributed by atoms with Gasteiger partial charge in [-0.25, -0.2) is 19.6 Å². The summed E-state index contributed by atoms with van der Waals surface area (Å²) in [6.07, 6.45) is 3.80. The highest BCUT2D eigenvalue weighted by atomic mass is 16.5. The Balaban J connectivity index is 0.953. The molecule has 0 radical (unpaired) electrons. The Morgan fingerprint density at radius 1 is 0.769 bits per heavy atom. The number of hydrogen-bond donors (Lipinski definition) is 3. The summed E-state index contributed by atoms with van der Waals surface area (Å²) in [5.41, 5.74) is 5.87. The Kier molecular flexibility index (Phi) is 13.4. The molecule has 3 aliphatic heterocycles. The fourth-order valence-electron chi connectivity index (χ4n) is 9.33. The summed E-state index contributed by atoms with van der Waals surface area (Å²) in [5.74, 6) is 0.688. The van der Waals surface area contributed by atoms with Gasteiger partial charge in [0.1, 0.15) is 23.7 Å². The first kappa shape index (κ1) is 45.4. The van der Waals surface area contributed by atoms with E-state index in [1.807, 2.05) is 32.6 Å². The maximum absolute atomic E-state index is 14.0. The number of ether oxygens (including phenoxy) is 4. The summed E-state index contributed by atoms with van der Waals surface area (Å²) in [6, 6.07) is 19.0. The smallest absolute Gasteiger partial charge is 0.407 e. The zero-order valence-electron chi connectivity index (χ0n) is 38.3. The third-order valence-corrected chi connectivity index (χ3v) is 13.3. The monoisotopic (exact) mass is 888 g/mol. The number of alkyl carbamates (subject to hydrolysis) is 2. The minimum absolute atomic E-state index is 0.105. The molecule has 1 saturated carbocycles. The molecular weight excluding hydrogens is 829 g/mol. The summed E-state index contributed by atoms with van der Waals surface area (Å²) in [4.78, 5) is 74.0. The fraction of sp³-hybridized carbons (Fsp3) is 0.490. The first-order valence-corrected chi connectivity index (χ1v) is 22.5. The average Bonchev–Trinajstić information content (AvgIpc) is 3.80. The minimum atomic E-state index is -0.780. The van der Waals surface area contributed by atoms with Gasteiger partial charge in [-0.3, -0.25) is 14.6 Å². The van der Waals surface area contributed by atoms with Gasteiger partial charge < -0.3 is 44.4 Å². The topological polar surface area (TPSA) is 189 Å². The Bertz CT molecular complexity index is 2480. The number of H-pyrrole nitrogens is 1. The fourth-order valence-corrected chi connectivity index (χ4v) is 9.33. The molecule has 4 amide bonds. The molecule has 344 valence electrons. The Morgan fingerprint density at radius 2 is 1.37 bits per heavy atom. The van der Waals surface area contributed by atoms with Crippen LogP contribution in [0.5, 0.6) is 0 Å². The van der Waals surface area contributed by atoms with Crippen LogP contribution in [-0.2, 0) is 28.5 Å². The van der Waals surface area contributed by atoms with Crippen LogP contribution < -0.4 is 10.6 Å². The molecule has 16 heteroatoms. The van der Waals surface area contributed by atoms with Crippen molar-refractivity contribution in [3.63, 3.8) is 0 Å². The van der Waals surface area contributed by atoms with Crippen LogP contribution in [0.4, 0.5) is 9.59 Å². The molecule has 5 unspecified atom stereocenters. The van der Waals surface area contributed by atoms with E-state index in [-0.39, 0.29) is 47.3 Å². The molecule has 2 saturated heterocycles. The van der Waals surface area contributed by atoms with Crippen molar-refractivity contribution in [2.75, 3.05) is 54.2 Å². The van der Waals surface area contributed by atoms with Gasteiger partial charge in [-0.05, 0) is 81.7 Å². The van der Waals surface area contributed by atoms with E-state index in [1.165, 1.54) is 14.2 Å². The van der Waals surface area contributed by atoms with Crippen LogP contribution in [0.2, 0.25) is 0 Å². The second-order valence-corrected chi connectivity index (χ2v) is 18.4. The third kappa shape index (κ3) is 9.79. The predicted molar refractivity (Wildman–Crippen MR) is 247 cm³/mol. The van der Waals surface area contributed by atoms with E-state index < -0.39 is 24.3 Å². The Morgan fingerprint density at radius 3 is 1.98 bits per heavy atom. The average molecular weight is 889 g/mol. The molecule has 4 heterocycles. The van der Waals surface area contributed by atoms with Crippen LogP contribution in [0.3, 0.4) is 0 Å². The molecule has 3 aromatic carbocycles. The normalized spacial score (nSPS) is 20.8. The molecule has 4 aliphatic rings. The maximum Gasteiger partial charge on any atom is 0.407 e. The summed E-state index contributed by atoms with van der Waals surface area (Å²) in [6.45, 7) is 9.88. The minimum Gasteiger partial charge on any atom is -0.453 e. The van der Waals surface area contributed by atoms with Crippen molar-refractivity contribution in [3.05, 3.63) is 78.2 Å². The quantitative estimate of drug-likeness (QED) is 0.111. The van der Waals surface area contributed by atoms with E-state index >= 15 is 0 Å². The lowest BCUT2D eigenvalue weighted by molar-refractivity contribution is -0.136. The molecular formula is C49H60N8O8. The van der Waals surface area contributed by atoms with Gasteiger partial charge >= 0.3 is 12.2 Å². The predicted octanol–water partition coefficient (Wildman–Crippen LogP) is 6.55. The molecule has 3 fully saturated rings. The summed E-state index contributed by atoms with van der Waals surface area (Å²) in [5, 5.41) is 7.63. The van der Waals surface area contributed by atoms with Crippen LogP contribution >= 0.6 is 0 Å². The van der Waals surface area contributed by atoms with E-state index in [0.29, 0.717) is 50.9 Å². The largest absolute Gasteiger partial charge is 0.453 e. The highest BCUT2D eigenvalue weighted by Crippen LogP contribution is 2.55. The lowest BCUT2D eigenvalue weighted by atomic mass is 9.98. The number of aliphatic imine (C=N–C) groups is 2. The lowest BCUT2D eigenvalue weighted by Gasteiger charge is -2.30. The molecule has 65 heavy (non-hydrogen) atoms. The number of carbonyl (C=O) groups excluding carboxylic acids is 4. The summed E-state index contributed by atoms with van der Waals surface area (Å²) < 4.78 is 20.9. The van der Waals surface area contributed by atoms with Crippen molar-refractivity contribution in [3.8, 4) is 22.4 Å². The molecule has 5 atom stereocenters. The summed E-state index contributed by atoms with van der Waals surface area (Å²) >= 11 is 0. The number of likely N-dealkylation sites (tertiary alicyclic amines) is 2. The van der Waals surface area contributed by atoms with Crippen LogP contribution in [0.15, 0.2) is 76.8 Å². The van der Waals surface area contributed by atoms with Crippen molar-refractivity contribution in [2.45, 2.75) is 83.6 Å². The SMILES string of the molecule is COCCOC1CC(c2ncc(-c3ccc(-c4ccc5cc(C6=NC(C7CC8(CC8)CN7C(=O)C(NC(=O)OC)C(C)C)=NC6)ccc5c4)cc3)[nH]2)N(C(=O)C(NC(=O)OC)C(C)C)C1.